The van der Waals surface area contributed by atoms with Gasteiger partial charge in [0.05, 0.1) is 19.3 Å². The maximum atomic E-state index is 5.41. The van der Waals surface area contributed by atoms with Gasteiger partial charge in [0, 0.05) is 18.9 Å². The lowest BCUT2D eigenvalue weighted by atomic mass is 9.89. The second-order valence-corrected chi connectivity index (χ2v) is 5.64. The number of anilines is 1. The molecule has 1 atom stereocenters. The number of ether oxygens (including phenoxy) is 1. The summed E-state index contributed by atoms with van der Waals surface area (Å²) >= 11 is 0. The standard InChI is InChI=1S/C13H21N3O/c1-10-9-17-6-5-16(10)12-14-7-11(8-15-12)13(2,3)4/h7-8,10H,5-6,9H2,1-4H3. The van der Waals surface area contributed by atoms with Crippen molar-refractivity contribution < 1.29 is 4.74 Å². The van der Waals surface area contributed by atoms with E-state index in [9.17, 15) is 0 Å². The van der Waals surface area contributed by atoms with Crippen LogP contribution in [-0.4, -0.2) is 35.8 Å². The van der Waals surface area contributed by atoms with Gasteiger partial charge < -0.3 is 9.64 Å². The first-order valence-electron chi connectivity index (χ1n) is 6.15. The van der Waals surface area contributed by atoms with E-state index < -0.39 is 0 Å². The Morgan fingerprint density at radius 3 is 2.47 bits per heavy atom. The summed E-state index contributed by atoms with van der Waals surface area (Å²) in [6.45, 7) is 11.0. The number of hydrogen-bond acceptors (Lipinski definition) is 4. The van der Waals surface area contributed by atoms with Crippen LogP contribution in [0, 0.1) is 0 Å². The Balaban J connectivity index is 2.17. The van der Waals surface area contributed by atoms with Crippen molar-refractivity contribution in [2.45, 2.75) is 39.2 Å². The molecule has 0 aliphatic carbocycles. The lowest BCUT2D eigenvalue weighted by Crippen LogP contribution is -2.44. The zero-order chi connectivity index (χ0) is 12.5. The maximum Gasteiger partial charge on any atom is 0.225 e. The van der Waals surface area contributed by atoms with E-state index in [2.05, 4.69) is 42.6 Å². The van der Waals surface area contributed by atoms with Crippen LogP contribution in [0.1, 0.15) is 33.3 Å². The summed E-state index contributed by atoms with van der Waals surface area (Å²) < 4.78 is 5.41. The van der Waals surface area contributed by atoms with Gasteiger partial charge in [-0.1, -0.05) is 20.8 Å². The molecule has 0 radical (unpaired) electrons. The molecule has 0 bridgehead atoms. The molecule has 2 rings (SSSR count). The van der Waals surface area contributed by atoms with Gasteiger partial charge in [0.1, 0.15) is 0 Å². The van der Waals surface area contributed by atoms with Gasteiger partial charge >= 0.3 is 0 Å². The van der Waals surface area contributed by atoms with Crippen molar-refractivity contribution in [2.24, 2.45) is 0 Å². The summed E-state index contributed by atoms with van der Waals surface area (Å²) in [5.74, 6) is 0.814. The molecule has 4 heteroatoms. The van der Waals surface area contributed by atoms with Gasteiger partial charge in [0.15, 0.2) is 0 Å². The van der Waals surface area contributed by atoms with Crippen LogP contribution in [0.2, 0.25) is 0 Å². The van der Waals surface area contributed by atoms with Crippen molar-refractivity contribution in [1.29, 1.82) is 0 Å². The average Bonchev–Trinajstić information content (AvgIpc) is 2.29. The Morgan fingerprint density at radius 1 is 1.29 bits per heavy atom. The van der Waals surface area contributed by atoms with E-state index in [-0.39, 0.29) is 5.41 Å². The highest BCUT2D eigenvalue weighted by Crippen LogP contribution is 2.22. The summed E-state index contributed by atoms with van der Waals surface area (Å²) in [4.78, 5) is 11.2. The molecule has 1 unspecified atom stereocenters. The zero-order valence-electron chi connectivity index (χ0n) is 11.1. The van der Waals surface area contributed by atoms with Gasteiger partial charge in [-0.3, -0.25) is 0 Å². The number of aromatic nitrogens is 2. The minimum atomic E-state index is 0.106. The molecule has 0 aromatic carbocycles. The van der Waals surface area contributed by atoms with Crippen LogP contribution in [0.25, 0.3) is 0 Å². The lowest BCUT2D eigenvalue weighted by molar-refractivity contribution is 0.0981. The van der Waals surface area contributed by atoms with E-state index in [4.69, 9.17) is 4.74 Å². The van der Waals surface area contributed by atoms with Crippen molar-refractivity contribution in [3.63, 3.8) is 0 Å². The molecular weight excluding hydrogens is 214 g/mol. The normalized spacial score (nSPS) is 21.6. The fourth-order valence-corrected chi connectivity index (χ4v) is 1.88. The Labute approximate surface area is 103 Å². The second kappa shape index (κ2) is 4.61. The summed E-state index contributed by atoms with van der Waals surface area (Å²) in [5.41, 5.74) is 1.27. The van der Waals surface area contributed by atoms with Crippen molar-refractivity contribution in [2.75, 3.05) is 24.7 Å². The zero-order valence-corrected chi connectivity index (χ0v) is 11.1. The highest BCUT2D eigenvalue weighted by atomic mass is 16.5. The van der Waals surface area contributed by atoms with E-state index in [0.717, 1.165) is 25.7 Å². The first kappa shape index (κ1) is 12.3. The van der Waals surface area contributed by atoms with E-state index in [1.165, 1.54) is 5.56 Å². The SMILES string of the molecule is CC1COCCN1c1ncc(C(C)(C)C)cn1. The third-order valence-corrected chi connectivity index (χ3v) is 3.13. The summed E-state index contributed by atoms with van der Waals surface area (Å²) in [7, 11) is 0. The first-order chi connectivity index (χ1) is 7.98. The molecule has 94 valence electrons. The molecule has 0 N–H and O–H groups in total. The minimum absolute atomic E-state index is 0.106. The maximum absolute atomic E-state index is 5.41. The molecular formula is C13H21N3O. The van der Waals surface area contributed by atoms with Crippen LogP contribution in [0.4, 0.5) is 5.95 Å². The third-order valence-electron chi connectivity index (χ3n) is 3.13. The van der Waals surface area contributed by atoms with Crippen LogP contribution in [0.15, 0.2) is 12.4 Å². The van der Waals surface area contributed by atoms with Crippen LogP contribution < -0.4 is 4.90 Å². The Morgan fingerprint density at radius 2 is 1.94 bits per heavy atom. The summed E-state index contributed by atoms with van der Waals surface area (Å²) in [6, 6.07) is 0.351. The van der Waals surface area contributed by atoms with Gasteiger partial charge in [0.2, 0.25) is 5.95 Å². The fourth-order valence-electron chi connectivity index (χ4n) is 1.88. The van der Waals surface area contributed by atoms with E-state index in [1.54, 1.807) is 0 Å². The molecule has 4 nitrogen and oxygen atoms in total. The predicted octanol–water partition coefficient (Wildman–Crippen LogP) is 2.00. The fraction of sp³-hybridized carbons (Fsp3) is 0.692. The molecule has 1 fully saturated rings. The third kappa shape index (κ3) is 2.75. The smallest absolute Gasteiger partial charge is 0.225 e. The molecule has 1 aliphatic rings. The number of nitrogens with zero attached hydrogens (tertiary/aromatic N) is 3. The van der Waals surface area contributed by atoms with Crippen LogP contribution in [0.3, 0.4) is 0 Å². The molecule has 17 heavy (non-hydrogen) atoms. The van der Waals surface area contributed by atoms with E-state index in [1.807, 2.05) is 12.4 Å². The first-order valence-corrected chi connectivity index (χ1v) is 6.15. The monoisotopic (exact) mass is 235 g/mol. The number of rotatable bonds is 1. The summed E-state index contributed by atoms with van der Waals surface area (Å²) in [6.07, 6.45) is 3.87. The molecule has 1 aromatic heterocycles. The van der Waals surface area contributed by atoms with Gasteiger partial charge in [-0.2, -0.15) is 0 Å². The van der Waals surface area contributed by atoms with Crippen molar-refractivity contribution in [3.8, 4) is 0 Å². The van der Waals surface area contributed by atoms with Crippen LogP contribution in [0.5, 0.6) is 0 Å². The topological polar surface area (TPSA) is 38.2 Å². The second-order valence-electron chi connectivity index (χ2n) is 5.64. The van der Waals surface area contributed by atoms with Gasteiger partial charge in [0.25, 0.3) is 0 Å². The average molecular weight is 235 g/mol. The Bertz CT molecular complexity index is 369. The molecule has 0 amide bonds. The minimum Gasteiger partial charge on any atom is -0.377 e. The highest BCUT2D eigenvalue weighted by molar-refractivity contribution is 5.33. The number of morpholine rings is 1. The van der Waals surface area contributed by atoms with Crippen LogP contribution >= 0.6 is 0 Å². The molecule has 1 aliphatic heterocycles. The van der Waals surface area contributed by atoms with Crippen LogP contribution in [-0.2, 0) is 10.2 Å². The Kier molecular flexibility index (Phi) is 3.33. The number of hydrogen-bond donors (Lipinski definition) is 0. The van der Waals surface area contributed by atoms with Gasteiger partial charge in [-0.25, -0.2) is 9.97 Å². The molecule has 0 saturated carbocycles. The molecule has 2 heterocycles. The van der Waals surface area contributed by atoms with Gasteiger partial charge in [-0.05, 0) is 17.9 Å². The van der Waals surface area contributed by atoms with Crippen molar-refractivity contribution in [3.05, 3.63) is 18.0 Å². The van der Waals surface area contributed by atoms with Gasteiger partial charge in [-0.15, -0.1) is 0 Å². The lowest BCUT2D eigenvalue weighted by Gasteiger charge is -2.33. The van der Waals surface area contributed by atoms with Crippen molar-refractivity contribution >= 4 is 5.95 Å². The highest BCUT2D eigenvalue weighted by Gasteiger charge is 2.22. The molecule has 1 aromatic rings. The largest absolute Gasteiger partial charge is 0.377 e. The summed E-state index contributed by atoms with van der Waals surface area (Å²) in [5, 5.41) is 0. The van der Waals surface area contributed by atoms with E-state index in [0.29, 0.717) is 6.04 Å². The quantitative estimate of drug-likeness (QED) is 0.746. The molecule has 0 spiro atoms. The Hall–Kier alpha value is -1.16. The molecule has 1 saturated heterocycles. The van der Waals surface area contributed by atoms with Crippen molar-refractivity contribution in [1.82, 2.24) is 9.97 Å². The van der Waals surface area contributed by atoms with E-state index >= 15 is 0 Å². The predicted molar refractivity (Wildman–Crippen MR) is 68.4 cm³/mol.